The fourth-order valence-corrected chi connectivity index (χ4v) is 4.85. The van der Waals surface area contributed by atoms with Gasteiger partial charge in [-0.3, -0.25) is 9.89 Å². The lowest BCUT2D eigenvalue weighted by Crippen LogP contribution is -2.44. The number of hydrogen-bond acceptors (Lipinski definition) is 6. The van der Waals surface area contributed by atoms with Gasteiger partial charge in [0.05, 0.1) is 25.0 Å². The number of carbonyl (C=O) groups excluding carboxylic acids is 1. The van der Waals surface area contributed by atoms with Gasteiger partial charge in [0.25, 0.3) is 0 Å². The molecule has 1 aromatic heterocycles. The summed E-state index contributed by atoms with van der Waals surface area (Å²) < 4.78 is 5.35. The number of amides is 1. The van der Waals surface area contributed by atoms with Crippen LogP contribution < -0.4 is 15.4 Å². The van der Waals surface area contributed by atoms with Gasteiger partial charge in [0.2, 0.25) is 5.91 Å². The summed E-state index contributed by atoms with van der Waals surface area (Å²) in [6.45, 7) is 1.62. The number of benzene rings is 2. The van der Waals surface area contributed by atoms with Gasteiger partial charge in [-0.1, -0.05) is 12.1 Å². The Morgan fingerprint density at radius 3 is 2.84 bits per heavy atom. The second kappa shape index (κ2) is 10.2. The number of aromatic amines is 1. The quantitative estimate of drug-likeness (QED) is 0.456. The van der Waals surface area contributed by atoms with Crippen molar-refractivity contribution in [3.05, 3.63) is 59.9 Å². The number of methoxy groups -OCH3 is 1. The number of fused-ring (bicyclic) bond motifs is 1. The zero-order chi connectivity index (χ0) is 22.5. The molecule has 2 heterocycles. The Hall–Kier alpha value is -2.81. The molecule has 0 unspecified atom stereocenters. The lowest BCUT2D eigenvalue weighted by Gasteiger charge is -2.26. The van der Waals surface area contributed by atoms with Gasteiger partial charge in [-0.05, 0) is 61.5 Å². The molecule has 0 radical (unpaired) electrons. The van der Waals surface area contributed by atoms with E-state index in [1.165, 1.54) is 5.56 Å². The summed E-state index contributed by atoms with van der Waals surface area (Å²) in [5.74, 6) is 1.72. The standard InChI is InChI=1S/C24H29N5O2S/c1-29(2)8-9-32-23-12-16(19-14-26-27-15-19)5-7-21(23)28-24(30)22-11-18-10-20(31-3)6-4-17(18)13-25-22/h4-7,10,12,14-15,22,25H,8-9,11,13H2,1-3H3,(H,26,27)(H,28,30)/t22-/m1/s1. The van der Waals surface area contributed by atoms with Gasteiger partial charge in [-0.2, -0.15) is 5.10 Å². The zero-order valence-corrected chi connectivity index (χ0v) is 19.5. The number of anilines is 1. The molecular formula is C24H29N5O2S. The van der Waals surface area contributed by atoms with Crippen LogP contribution >= 0.6 is 11.8 Å². The van der Waals surface area contributed by atoms with E-state index in [1.54, 1.807) is 25.1 Å². The molecule has 1 aliphatic heterocycles. The Balaban J connectivity index is 1.51. The summed E-state index contributed by atoms with van der Waals surface area (Å²) in [4.78, 5) is 16.4. The van der Waals surface area contributed by atoms with Crippen molar-refractivity contribution < 1.29 is 9.53 Å². The van der Waals surface area contributed by atoms with E-state index in [9.17, 15) is 4.79 Å². The van der Waals surface area contributed by atoms with Crippen LogP contribution in [0.4, 0.5) is 5.69 Å². The van der Waals surface area contributed by atoms with Crippen molar-refractivity contribution in [2.24, 2.45) is 0 Å². The first-order valence-electron chi connectivity index (χ1n) is 10.6. The lowest BCUT2D eigenvalue weighted by molar-refractivity contribution is -0.118. The monoisotopic (exact) mass is 451 g/mol. The summed E-state index contributed by atoms with van der Waals surface area (Å²) in [5.41, 5.74) is 5.29. The minimum Gasteiger partial charge on any atom is -0.497 e. The number of hydrogen-bond donors (Lipinski definition) is 3. The molecule has 168 valence electrons. The molecule has 1 atom stereocenters. The second-order valence-electron chi connectivity index (χ2n) is 8.11. The molecule has 2 aromatic carbocycles. The van der Waals surface area contributed by atoms with Crippen molar-refractivity contribution in [1.82, 2.24) is 20.4 Å². The van der Waals surface area contributed by atoms with Crippen LogP contribution in [0.1, 0.15) is 11.1 Å². The molecule has 0 aliphatic carbocycles. The highest BCUT2D eigenvalue weighted by molar-refractivity contribution is 7.99. The minimum atomic E-state index is -0.289. The highest BCUT2D eigenvalue weighted by Gasteiger charge is 2.25. The van der Waals surface area contributed by atoms with Gasteiger partial charge in [-0.25, -0.2) is 0 Å². The minimum absolute atomic E-state index is 0.0241. The van der Waals surface area contributed by atoms with Crippen LogP contribution in [0.3, 0.4) is 0 Å². The number of H-pyrrole nitrogens is 1. The molecule has 1 aliphatic rings. The van der Waals surface area contributed by atoms with Crippen molar-refractivity contribution in [1.29, 1.82) is 0 Å². The van der Waals surface area contributed by atoms with Crippen molar-refractivity contribution >= 4 is 23.4 Å². The van der Waals surface area contributed by atoms with Crippen molar-refractivity contribution in [3.8, 4) is 16.9 Å². The normalized spacial score (nSPS) is 15.4. The Labute approximate surface area is 192 Å². The highest BCUT2D eigenvalue weighted by atomic mass is 32.2. The average Bonchev–Trinajstić information content (AvgIpc) is 3.34. The van der Waals surface area contributed by atoms with E-state index >= 15 is 0 Å². The number of aromatic nitrogens is 2. The number of nitrogens with zero attached hydrogens (tertiary/aromatic N) is 2. The fraction of sp³-hybridized carbons (Fsp3) is 0.333. The SMILES string of the molecule is COc1ccc2c(c1)C[C@H](C(=O)Nc1ccc(-c3cn[nH]c3)cc1SCCN(C)C)NC2. The summed E-state index contributed by atoms with van der Waals surface area (Å²) >= 11 is 1.75. The molecule has 0 spiro atoms. The first-order valence-corrected chi connectivity index (χ1v) is 11.6. The fourth-order valence-electron chi connectivity index (χ4n) is 3.69. The maximum absolute atomic E-state index is 13.1. The Morgan fingerprint density at radius 2 is 2.09 bits per heavy atom. The second-order valence-corrected chi connectivity index (χ2v) is 9.25. The molecule has 8 heteroatoms. The number of nitrogens with one attached hydrogen (secondary N) is 3. The summed E-state index contributed by atoms with van der Waals surface area (Å²) in [6.07, 6.45) is 4.31. The Morgan fingerprint density at radius 1 is 1.22 bits per heavy atom. The third-order valence-corrected chi connectivity index (χ3v) is 6.60. The van der Waals surface area contributed by atoms with E-state index in [-0.39, 0.29) is 11.9 Å². The molecular weight excluding hydrogens is 422 g/mol. The number of ether oxygens (including phenoxy) is 1. The van der Waals surface area contributed by atoms with E-state index in [0.29, 0.717) is 13.0 Å². The van der Waals surface area contributed by atoms with Crippen LogP contribution in [-0.2, 0) is 17.8 Å². The van der Waals surface area contributed by atoms with E-state index < -0.39 is 0 Å². The summed E-state index contributed by atoms with van der Waals surface area (Å²) in [5, 5.41) is 13.4. The van der Waals surface area contributed by atoms with Gasteiger partial charge in [0, 0.05) is 35.5 Å². The van der Waals surface area contributed by atoms with Crippen LogP contribution in [0.5, 0.6) is 5.75 Å². The maximum Gasteiger partial charge on any atom is 0.241 e. The number of rotatable bonds is 8. The molecule has 0 fully saturated rings. The van der Waals surface area contributed by atoms with Crippen molar-refractivity contribution in [2.45, 2.75) is 23.9 Å². The van der Waals surface area contributed by atoms with Crippen LogP contribution in [0, 0.1) is 0 Å². The first kappa shape index (κ1) is 22.4. The van der Waals surface area contributed by atoms with E-state index in [1.807, 2.05) is 30.5 Å². The van der Waals surface area contributed by atoms with Crippen LogP contribution in [0.25, 0.3) is 11.1 Å². The van der Waals surface area contributed by atoms with Crippen LogP contribution in [0.2, 0.25) is 0 Å². The predicted octanol–water partition coefficient (Wildman–Crippen LogP) is 3.39. The maximum atomic E-state index is 13.1. The highest BCUT2D eigenvalue weighted by Crippen LogP contribution is 2.32. The smallest absolute Gasteiger partial charge is 0.241 e. The van der Waals surface area contributed by atoms with E-state index in [4.69, 9.17) is 4.74 Å². The summed E-state index contributed by atoms with van der Waals surface area (Å²) in [7, 11) is 5.79. The largest absolute Gasteiger partial charge is 0.497 e. The van der Waals surface area contributed by atoms with Gasteiger partial charge in [0.15, 0.2) is 0 Å². The van der Waals surface area contributed by atoms with Crippen molar-refractivity contribution in [2.75, 3.05) is 38.8 Å². The molecule has 0 bridgehead atoms. The van der Waals surface area contributed by atoms with Crippen LogP contribution in [-0.4, -0.2) is 60.5 Å². The number of thioether (sulfide) groups is 1. The molecule has 32 heavy (non-hydrogen) atoms. The van der Waals surface area contributed by atoms with Gasteiger partial charge < -0.3 is 20.3 Å². The molecule has 7 nitrogen and oxygen atoms in total. The predicted molar refractivity (Wildman–Crippen MR) is 129 cm³/mol. The van der Waals surface area contributed by atoms with Gasteiger partial charge in [-0.15, -0.1) is 11.8 Å². The summed E-state index contributed by atoms with van der Waals surface area (Å²) in [6, 6.07) is 11.9. The first-order chi connectivity index (χ1) is 15.5. The lowest BCUT2D eigenvalue weighted by atomic mass is 9.95. The number of carbonyl (C=O) groups is 1. The molecule has 1 amide bonds. The third-order valence-electron chi connectivity index (χ3n) is 5.56. The van der Waals surface area contributed by atoms with E-state index in [2.05, 4.69) is 52.0 Å². The average molecular weight is 452 g/mol. The van der Waals surface area contributed by atoms with Crippen molar-refractivity contribution in [3.63, 3.8) is 0 Å². The van der Waals surface area contributed by atoms with E-state index in [0.717, 1.165) is 45.3 Å². The zero-order valence-electron chi connectivity index (χ0n) is 18.6. The molecule has 3 N–H and O–H groups in total. The topological polar surface area (TPSA) is 82.3 Å². The molecule has 4 rings (SSSR count). The van der Waals surface area contributed by atoms with Crippen LogP contribution in [0.15, 0.2) is 53.7 Å². The molecule has 3 aromatic rings. The molecule has 0 saturated heterocycles. The molecule has 0 saturated carbocycles. The Kier molecular flexibility index (Phi) is 7.14. The van der Waals surface area contributed by atoms with Gasteiger partial charge >= 0.3 is 0 Å². The van der Waals surface area contributed by atoms with Gasteiger partial charge in [0.1, 0.15) is 5.75 Å². The Bertz CT molecular complexity index is 1070. The third kappa shape index (κ3) is 5.32.